The molecule has 37 heavy (non-hydrogen) atoms. The molecule has 0 saturated carbocycles. The molecule has 1 atom stereocenters. The molecule has 0 bridgehead atoms. The average Bonchev–Trinajstić information content (AvgIpc) is 3.23. The van der Waals surface area contributed by atoms with Gasteiger partial charge >= 0.3 is 12.5 Å². The maximum atomic E-state index is 12.7. The number of hydrazone groups is 1. The highest BCUT2D eigenvalue weighted by molar-refractivity contribution is 6.42. The largest absolute Gasteiger partial charge is 0.573 e. The van der Waals surface area contributed by atoms with Crippen molar-refractivity contribution in [3.05, 3.63) is 52.0 Å². The molecule has 1 unspecified atom stereocenters. The number of hydrogen-bond acceptors (Lipinski definition) is 6. The molecule has 15 heteroatoms. The second-order valence-corrected chi connectivity index (χ2v) is 8.30. The highest BCUT2D eigenvalue weighted by atomic mass is 35.5. The fourth-order valence-electron chi connectivity index (χ4n) is 3.51. The number of carbonyl (C=O) groups is 1. The summed E-state index contributed by atoms with van der Waals surface area (Å²) in [6, 6.07) is 8.22. The first-order valence-electron chi connectivity index (χ1n) is 10.5. The number of nitrogens with zero attached hydrogens (tertiary/aromatic N) is 4. The van der Waals surface area contributed by atoms with E-state index < -0.39 is 18.2 Å². The molecular weight excluding hydrogens is 540 g/mol. The quantitative estimate of drug-likeness (QED) is 0.243. The lowest BCUT2D eigenvalue weighted by Gasteiger charge is -2.20. The summed E-state index contributed by atoms with van der Waals surface area (Å²) in [5, 5.41) is 29.7. The van der Waals surface area contributed by atoms with Crippen molar-refractivity contribution in [3.63, 3.8) is 0 Å². The molecule has 3 rings (SSSR count). The first-order chi connectivity index (χ1) is 17.5. The van der Waals surface area contributed by atoms with Crippen molar-refractivity contribution < 1.29 is 32.5 Å². The first kappa shape index (κ1) is 27.7. The minimum absolute atomic E-state index is 0.0283. The van der Waals surface area contributed by atoms with Crippen molar-refractivity contribution in [2.75, 3.05) is 25.5 Å². The van der Waals surface area contributed by atoms with Gasteiger partial charge in [0, 0.05) is 18.5 Å². The number of carboxylic acid groups (broad SMARTS) is 1. The molecule has 10 nitrogen and oxygen atoms in total. The number of halogens is 5. The zero-order valence-corrected chi connectivity index (χ0v) is 20.5. The number of benzene rings is 2. The van der Waals surface area contributed by atoms with E-state index in [4.69, 9.17) is 33.0 Å². The van der Waals surface area contributed by atoms with Gasteiger partial charge in [0.05, 0.1) is 35.1 Å². The lowest BCUT2D eigenvalue weighted by molar-refractivity contribution is -0.274. The first-order valence-corrected chi connectivity index (χ1v) is 11.2. The van der Waals surface area contributed by atoms with E-state index in [0.29, 0.717) is 22.7 Å². The Kier molecular flexibility index (Phi) is 8.90. The van der Waals surface area contributed by atoms with Crippen molar-refractivity contribution in [2.45, 2.75) is 12.8 Å². The number of alkyl halides is 3. The van der Waals surface area contributed by atoms with Crippen molar-refractivity contribution in [1.29, 1.82) is 5.26 Å². The second kappa shape index (κ2) is 11.9. The van der Waals surface area contributed by atoms with Crippen molar-refractivity contribution >= 4 is 46.7 Å². The standard InChI is InChI=1S/C22H19Cl2F3N6O4/c1-36-18-5-3-14(37-22(25,26)27)9-17(18)31-20(30-11-28)33-10-13(6-7-29-21(34)35)19(32-33)12-2-4-15(23)16(24)8-12/h2-5,8-9,13,29H,6-7,10H2,1H3,(H,30,31)(H,34,35). The summed E-state index contributed by atoms with van der Waals surface area (Å²) >= 11 is 12.2. The number of methoxy groups -OCH3 is 1. The van der Waals surface area contributed by atoms with Crippen LogP contribution in [-0.4, -0.2) is 54.4 Å². The number of ether oxygens (including phenoxy) is 2. The number of nitrogens with one attached hydrogen (secondary N) is 2. The Morgan fingerprint density at radius 2 is 2.05 bits per heavy atom. The van der Waals surface area contributed by atoms with Gasteiger partial charge in [-0.1, -0.05) is 29.3 Å². The fraction of sp³-hybridized carbons (Fsp3) is 0.273. The van der Waals surface area contributed by atoms with Crippen LogP contribution in [0.5, 0.6) is 11.5 Å². The van der Waals surface area contributed by atoms with Gasteiger partial charge in [-0.25, -0.2) is 9.80 Å². The molecule has 0 aliphatic carbocycles. The lowest BCUT2D eigenvalue weighted by atomic mass is 9.94. The second-order valence-electron chi connectivity index (χ2n) is 7.48. The van der Waals surface area contributed by atoms with Crippen molar-refractivity contribution in [1.82, 2.24) is 10.3 Å². The van der Waals surface area contributed by atoms with E-state index in [1.165, 1.54) is 18.2 Å². The zero-order chi connectivity index (χ0) is 27.2. The van der Waals surface area contributed by atoms with Gasteiger partial charge in [-0.15, -0.1) is 18.2 Å². The molecule has 2 aromatic rings. The highest BCUT2D eigenvalue weighted by Gasteiger charge is 2.33. The van der Waals surface area contributed by atoms with E-state index in [2.05, 4.69) is 25.5 Å². The van der Waals surface area contributed by atoms with Crippen LogP contribution in [0, 0.1) is 17.4 Å². The topological polar surface area (TPSA) is 132 Å². The Bertz CT molecular complexity index is 1270. The van der Waals surface area contributed by atoms with Gasteiger partial charge in [0.1, 0.15) is 11.5 Å². The summed E-state index contributed by atoms with van der Waals surface area (Å²) in [5.74, 6) is -0.825. The predicted octanol–water partition coefficient (Wildman–Crippen LogP) is 5.14. The maximum Gasteiger partial charge on any atom is 0.573 e. The summed E-state index contributed by atoms with van der Waals surface area (Å²) < 4.78 is 47.3. The SMILES string of the molecule is COc1ccc(OC(F)(F)F)cc1NC(=NC#N)N1CC(CCNC(=O)O)C(c2ccc(Cl)c(Cl)c2)=N1. The Morgan fingerprint density at radius 1 is 1.30 bits per heavy atom. The number of rotatable bonds is 7. The van der Waals surface area contributed by atoms with Crippen LogP contribution in [0.4, 0.5) is 23.7 Å². The minimum Gasteiger partial charge on any atom is -0.495 e. The molecule has 1 heterocycles. The Labute approximate surface area is 218 Å². The summed E-state index contributed by atoms with van der Waals surface area (Å²) in [5.41, 5.74) is 1.14. The number of hydrogen-bond donors (Lipinski definition) is 3. The van der Waals surface area contributed by atoms with Crippen LogP contribution in [0.3, 0.4) is 0 Å². The average molecular weight is 559 g/mol. The van der Waals surface area contributed by atoms with Crippen LogP contribution >= 0.6 is 23.2 Å². The minimum atomic E-state index is -4.92. The lowest BCUT2D eigenvalue weighted by Crippen LogP contribution is -2.33. The molecule has 2 aromatic carbocycles. The van der Waals surface area contributed by atoms with Crippen molar-refractivity contribution in [3.8, 4) is 17.7 Å². The number of anilines is 1. The van der Waals surface area contributed by atoms with Crippen molar-refractivity contribution in [2.24, 2.45) is 16.0 Å². The molecule has 0 spiro atoms. The third kappa shape index (κ3) is 7.55. The van der Waals surface area contributed by atoms with Gasteiger partial charge in [0.25, 0.3) is 0 Å². The van der Waals surface area contributed by atoms with E-state index >= 15 is 0 Å². The van der Waals surface area contributed by atoms with Crippen LogP contribution in [0.15, 0.2) is 46.5 Å². The van der Waals surface area contributed by atoms with E-state index in [0.717, 1.165) is 12.1 Å². The van der Waals surface area contributed by atoms with E-state index in [9.17, 15) is 23.2 Å². The van der Waals surface area contributed by atoms with Gasteiger partial charge < -0.3 is 25.2 Å². The van der Waals surface area contributed by atoms with Gasteiger partial charge in [-0.3, -0.25) is 0 Å². The Hall–Kier alpha value is -3.89. The smallest absolute Gasteiger partial charge is 0.495 e. The van der Waals surface area contributed by atoms with Gasteiger partial charge in [0.2, 0.25) is 12.2 Å². The molecule has 1 aliphatic heterocycles. The monoisotopic (exact) mass is 558 g/mol. The summed E-state index contributed by atoms with van der Waals surface area (Å²) in [6.07, 6.45) is -4.14. The third-order valence-electron chi connectivity index (χ3n) is 5.04. The Balaban J connectivity index is 1.95. The van der Waals surface area contributed by atoms with Gasteiger partial charge in [-0.2, -0.15) is 10.4 Å². The number of nitriles is 1. The van der Waals surface area contributed by atoms with E-state index in [1.54, 1.807) is 24.4 Å². The van der Waals surface area contributed by atoms with Crippen LogP contribution in [0.1, 0.15) is 12.0 Å². The molecule has 0 fully saturated rings. The summed E-state index contributed by atoms with van der Waals surface area (Å²) in [4.78, 5) is 14.6. The Morgan fingerprint density at radius 3 is 2.68 bits per heavy atom. The molecule has 3 N–H and O–H groups in total. The zero-order valence-electron chi connectivity index (χ0n) is 19.0. The van der Waals surface area contributed by atoms with E-state index in [1.807, 2.05) is 0 Å². The number of aliphatic imine (C=N–C) groups is 1. The molecule has 1 aliphatic rings. The van der Waals surface area contributed by atoms with Crippen LogP contribution < -0.4 is 20.1 Å². The predicted molar refractivity (Wildman–Crippen MR) is 130 cm³/mol. The maximum absolute atomic E-state index is 12.7. The molecule has 1 amide bonds. The molecule has 0 aromatic heterocycles. The van der Waals surface area contributed by atoms with Crippen LogP contribution in [0.2, 0.25) is 10.0 Å². The van der Waals surface area contributed by atoms with Gasteiger partial charge in [-0.05, 0) is 36.2 Å². The van der Waals surface area contributed by atoms with Crippen LogP contribution in [0.25, 0.3) is 0 Å². The fourth-order valence-corrected chi connectivity index (χ4v) is 3.81. The molecular formula is C22H19Cl2F3N6O4. The van der Waals surface area contributed by atoms with Gasteiger partial charge in [0.15, 0.2) is 0 Å². The van der Waals surface area contributed by atoms with E-state index in [-0.39, 0.29) is 41.4 Å². The highest BCUT2D eigenvalue weighted by Crippen LogP contribution is 2.33. The number of amides is 1. The third-order valence-corrected chi connectivity index (χ3v) is 5.78. The molecule has 0 saturated heterocycles. The normalized spacial score (nSPS) is 15.6. The molecule has 196 valence electrons. The van der Waals surface area contributed by atoms with Crippen LogP contribution in [-0.2, 0) is 0 Å². The number of guanidine groups is 1. The molecule has 0 radical (unpaired) electrons. The summed E-state index contributed by atoms with van der Waals surface area (Å²) in [6.45, 7) is 0.266. The summed E-state index contributed by atoms with van der Waals surface area (Å²) in [7, 11) is 1.31.